The van der Waals surface area contributed by atoms with Crippen molar-refractivity contribution < 1.29 is 8.42 Å². The number of benzene rings is 1. The Morgan fingerprint density at radius 1 is 1.22 bits per heavy atom. The summed E-state index contributed by atoms with van der Waals surface area (Å²) in [4.78, 5) is 0.281. The molecule has 0 spiro atoms. The van der Waals surface area contributed by atoms with E-state index < -0.39 is 10.0 Å². The molecule has 1 rings (SSSR count). The van der Waals surface area contributed by atoms with Crippen molar-refractivity contribution in [2.75, 3.05) is 6.54 Å². The molecule has 0 radical (unpaired) electrons. The third-order valence-electron chi connectivity index (χ3n) is 3.22. The average Bonchev–Trinajstić information content (AvgIpc) is 2.35. The zero-order chi connectivity index (χ0) is 13.8. The molecule has 18 heavy (non-hydrogen) atoms. The van der Waals surface area contributed by atoms with Crippen molar-refractivity contribution >= 4 is 10.0 Å². The lowest BCUT2D eigenvalue weighted by Gasteiger charge is -2.17. The number of nitrogens with two attached hydrogens (primary N) is 1. The Morgan fingerprint density at radius 2 is 1.83 bits per heavy atom. The topological polar surface area (TPSA) is 72.2 Å². The summed E-state index contributed by atoms with van der Waals surface area (Å²) in [7, 11) is -3.46. The molecular weight excluding hydrogens is 248 g/mol. The van der Waals surface area contributed by atoms with Gasteiger partial charge in [-0.05, 0) is 23.5 Å². The summed E-state index contributed by atoms with van der Waals surface area (Å²) < 4.78 is 27.0. The van der Waals surface area contributed by atoms with Crippen molar-refractivity contribution in [1.29, 1.82) is 0 Å². The minimum atomic E-state index is -3.46. The highest BCUT2D eigenvalue weighted by atomic mass is 32.2. The highest BCUT2D eigenvalue weighted by Gasteiger charge is 2.18. The second-order valence-corrected chi connectivity index (χ2v) is 6.62. The Bertz CT molecular complexity index is 484. The van der Waals surface area contributed by atoms with Gasteiger partial charge in [-0.3, -0.25) is 0 Å². The predicted octanol–water partition coefficient (Wildman–Crippen LogP) is 1.72. The van der Waals surface area contributed by atoms with Gasteiger partial charge in [0.15, 0.2) is 0 Å². The molecule has 0 fully saturated rings. The first-order valence-electron chi connectivity index (χ1n) is 6.16. The molecule has 0 heterocycles. The average molecular weight is 270 g/mol. The molecule has 1 unspecified atom stereocenters. The Kier molecular flexibility index (Phi) is 5.31. The van der Waals surface area contributed by atoms with E-state index in [0.717, 1.165) is 0 Å². The Morgan fingerprint density at radius 3 is 2.39 bits per heavy atom. The molecule has 4 nitrogen and oxygen atoms in total. The molecule has 0 aliphatic rings. The molecule has 3 N–H and O–H groups in total. The van der Waals surface area contributed by atoms with E-state index in [0.29, 0.717) is 23.9 Å². The maximum atomic E-state index is 12.2. The van der Waals surface area contributed by atoms with E-state index in [1.807, 2.05) is 6.92 Å². The number of hydrogen-bond acceptors (Lipinski definition) is 3. The van der Waals surface area contributed by atoms with Crippen LogP contribution < -0.4 is 10.5 Å². The van der Waals surface area contributed by atoms with Crippen LogP contribution >= 0.6 is 0 Å². The highest BCUT2D eigenvalue weighted by Crippen LogP contribution is 2.16. The summed E-state index contributed by atoms with van der Waals surface area (Å²) in [6.45, 7) is 6.84. The zero-order valence-electron chi connectivity index (χ0n) is 11.2. The van der Waals surface area contributed by atoms with E-state index in [4.69, 9.17) is 5.73 Å². The van der Waals surface area contributed by atoms with Crippen molar-refractivity contribution in [2.45, 2.75) is 32.2 Å². The van der Waals surface area contributed by atoms with E-state index in [1.165, 1.54) is 0 Å². The summed E-state index contributed by atoms with van der Waals surface area (Å²) in [5, 5.41) is 0. The number of rotatable bonds is 6. The lowest BCUT2D eigenvalue weighted by molar-refractivity contribution is 0.414. The molecule has 0 saturated carbocycles. The van der Waals surface area contributed by atoms with Crippen molar-refractivity contribution in [2.24, 2.45) is 17.6 Å². The first-order valence-corrected chi connectivity index (χ1v) is 7.64. The molecule has 0 aliphatic heterocycles. The first kappa shape index (κ1) is 15.1. The van der Waals surface area contributed by atoms with Crippen LogP contribution in [-0.2, 0) is 16.6 Å². The predicted molar refractivity (Wildman–Crippen MR) is 73.5 cm³/mol. The van der Waals surface area contributed by atoms with Crippen LogP contribution in [0.1, 0.15) is 26.3 Å². The van der Waals surface area contributed by atoms with Gasteiger partial charge in [-0.2, -0.15) is 0 Å². The lowest BCUT2D eigenvalue weighted by Crippen LogP contribution is -2.31. The van der Waals surface area contributed by atoms with Crippen LogP contribution in [0.3, 0.4) is 0 Å². The van der Waals surface area contributed by atoms with Gasteiger partial charge in [0, 0.05) is 13.1 Å². The molecular formula is C13H22N2O2S. The van der Waals surface area contributed by atoms with Crippen LogP contribution in [-0.4, -0.2) is 15.0 Å². The van der Waals surface area contributed by atoms with E-state index in [1.54, 1.807) is 24.3 Å². The SMILES string of the molecule is CC(C)C(C)CNS(=O)(=O)c1ccccc1CN. The standard InChI is InChI=1S/C13H22N2O2S/c1-10(2)11(3)9-15-18(16,17)13-7-5-4-6-12(13)8-14/h4-7,10-11,15H,8-9,14H2,1-3H3. The van der Waals surface area contributed by atoms with E-state index in [-0.39, 0.29) is 11.4 Å². The molecule has 102 valence electrons. The molecule has 1 atom stereocenters. The van der Waals surface area contributed by atoms with Crippen molar-refractivity contribution in [3.05, 3.63) is 29.8 Å². The fourth-order valence-corrected chi connectivity index (χ4v) is 2.88. The van der Waals surface area contributed by atoms with Gasteiger partial charge in [-0.1, -0.05) is 39.0 Å². The van der Waals surface area contributed by atoms with Gasteiger partial charge in [0.2, 0.25) is 10.0 Å². The van der Waals surface area contributed by atoms with Crippen LogP contribution in [0.5, 0.6) is 0 Å². The summed E-state index contributed by atoms with van der Waals surface area (Å²) >= 11 is 0. The number of hydrogen-bond donors (Lipinski definition) is 2. The second kappa shape index (κ2) is 6.31. The van der Waals surface area contributed by atoms with E-state index >= 15 is 0 Å². The van der Waals surface area contributed by atoms with Crippen molar-refractivity contribution in [3.8, 4) is 0 Å². The summed E-state index contributed by atoms with van der Waals surface area (Å²) in [6, 6.07) is 6.82. The maximum Gasteiger partial charge on any atom is 0.240 e. The monoisotopic (exact) mass is 270 g/mol. The van der Waals surface area contributed by atoms with Crippen LogP contribution in [0.15, 0.2) is 29.2 Å². The first-order chi connectivity index (χ1) is 8.38. The Labute approximate surface area is 110 Å². The second-order valence-electron chi connectivity index (χ2n) is 4.89. The minimum Gasteiger partial charge on any atom is -0.326 e. The summed E-state index contributed by atoms with van der Waals surface area (Å²) in [5.41, 5.74) is 6.20. The summed E-state index contributed by atoms with van der Waals surface area (Å²) in [5.74, 6) is 0.738. The third-order valence-corrected chi connectivity index (χ3v) is 4.74. The highest BCUT2D eigenvalue weighted by molar-refractivity contribution is 7.89. The van der Waals surface area contributed by atoms with Gasteiger partial charge in [-0.15, -0.1) is 0 Å². The zero-order valence-corrected chi connectivity index (χ0v) is 12.0. The molecule has 1 aromatic carbocycles. The van der Waals surface area contributed by atoms with Gasteiger partial charge < -0.3 is 5.73 Å². The van der Waals surface area contributed by atoms with Crippen LogP contribution in [0, 0.1) is 11.8 Å². The van der Waals surface area contributed by atoms with Crippen molar-refractivity contribution in [1.82, 2.24) is 4.72 Å². The van der Waals surface area contributed by atoms with Crippen LogP contribution in [0.4, 0.5) is 0 Å². The Balaban J connectivity index is 2.87. The van der Waals surface area contributed by atoms with Gasteiger partial charge in [0.1, 0.15) is 0 Å². The molecule has 0 bridgehead atoms. The number of sulfonamides is 1. The van der Waals surface area contributed by atoms with Gasteiger partial charge in [0.05, 0.1) is 4.90 Å². The fraction of sp³-hybridized carbons (Fsp3) is 0.538. The molecule has 0 aromatic heterocycles. The maximum absolute atomic E-state index is 12.2. The Hall–Kier alpha value is -0.910. The molecule has 1 aromatic rings. The van der Waals surface area contributed by atoms with Gasteiger partial charge in [0.25, 0.3) is 0 Å². The lowest BCUT2D eigenvalue weighted by atomic mass is 9.99. The number of nitrogens with one attached hydrogen (secondary N) is 1. The molecule has 0 aliphatic carbocycles. The van der Waals surface area contributed by atoms with Crippen LogP contribution in [0.2, 0.25) is 0 Å². The molecule has 5 heteroatoms. The smallest absolute Gasteiger partial charge is 0.240 e. The molecule has 0 saturated heterocycles. The van der Waals surface area contributed by atoms with Gasteiger partial charge in [-0.25, -0.2) is 13.1 Å². The quantitative estimate of drug-likeness (QED) is 0.826. The van der Waals surface area contributed by atoms with E-state index in [9.17, 15) is 8.42 Å². The third kappa shape index (κ3) is 3.80. The normalized spacial score (nSPS) is 13.8. The van der Waals surface area contributed by atoms with E-state index in [2.05, 4.69) is 18.6 Å². The molecule has 0 amide bonds. The minimum absolute atomic E-state index is 0.219. The van der Waals surface area contributed by atoms with Crippen LogP contribution in [0.25, 0.3) is 0 Å². The largest absolute Gasteiger partial charge is 0.326 e. The summed E-state index contributed by atoms with van der Waals surface area (Å²) in [6.07, 6.45) is 0. The van der Waals surface area contributed by atoms with Gasteiger partial charge >= 0.3 is 0 Å². The van der Waals surface area contributed by atoms with Crippen molar-refractivity contribution in [3.63, 3.8) is 0 Å². The fourth-order valence-electron chi connectivity index (χ4n) is 1.49.